The van der Waals surface area contributed by atoms with Crippen molar-refractivity contribution in [3.63, 3.8) is 0 Å². The fourth-order valence-corrected chi connectivity index (χ4v) is 1.03. The van der Waals surface area contributed by atoms with E-state index in [1.807, 2.05) is 0 Å². The number of amides is 1. The van der Waals surface area contributed by atoms with Crippen molar-refractivity contribution in [2.24, 2.45) is 0 Å². The molecule has 0 atom stereocenters. The van der Waals surface area contributed by atoms with Crippen LogP contribution in [-0.2, 0) is 23.9 Å². The first-order valence-electron chi connectivity index (χ1n) is 4.65. The average Bonchev–Trinajstić information content (AvgIpc) is 2.23. The minimum atomic E-state index is -1.32. The highest BCUT2D eigenvalue weighted by molar-refractivity contribution is 5.87. The molecule has 2 N–H and O–H groups in total. The van der Waals surface area contributed by atoms with Crippen LogP contribution in [0.5, 0.6) is 0 Å². The summed E-state index contributed by atoms with van der Waals surface area (Å²) in [7, 11) is 1.15. The summed E-state index contributed by atoms with van der Waals surface area (Å²) in [4.78, 5) is 43.7. The molecule has 0 spiro atoms. The van der Waals surface area contributed by atoms with Gasteiger partial charge in [-0.1, -0.05) is 0 Å². The highest BCUT2D eigenvalue weighted by atomic mass is 16.5. The maximum atomic E-state index is 11.4. The first-order valence-corrected chi connectivity index (χ1v) is 4.65. The molecule has 0 heterocycles. The van der Waals surface area contributed by atoms with Crippen molar-refractivity contribution >= 4 is 23.8 Å². The van der Waals surface area contributed by atoms with Crippen molar-refractivity contribution in [1.29, 1.82) is 0 Å². The van der Waals surface area contributed by atoms with Crippen molar-refractivity contribution in [1.82, 2.24) is 4.90 Å². The summed E-state index contributed by atoms with van der Waals surface area (Å²) in [5, 5.41) is 17.0. The fourth-order valence-electron chi connectivity index (χ4n) is 1.03. The van der Waals surface area contributed by atoms with Crippen molar-refractivity contribution < 1.29 is 34.1 Å². The highest BCUT2D eigenvalue weighted by Gasteiger charge is 2.20. The van der Waals surface area contributed by atoms with Gasteiger partial charge in [-0.2, -0.15) is 0 Å². The smallest absolute Gasteiger partial charge is 0.323 e. The van der Waals surface area contributed by atoms with Crippen LogP contribution in [0.1, 0.15) is 12.8 Å². The number of aliphatic carboxylic acids is 2. The Morgan fingerprint density at radius 1 is 1.00 bits per heavy atom. The van der Waals surface area contributed by atoms with Gasteiger partial charge >= 0.3 is 17.9 Å². The molecule has 0 aromatic carbocycles. The Hall–Kier alpha value is -2.12. The summed E-state index contributed by atoms with van der Waals surface area (Å²) >= 11 is 0. The van der Waals surface area contributed by atoms with E-state index < -0.39 is 36.9 Å². The Morgan fingerprint density at radius 3 is 1.82 bits per heavy atom. The Kier molecular flexibility index (Phi) is 6.30. The molecule has 0 saturated carbocycles. The predicted octanol–water partition coefficient (Wildman–Crippen LogP) is -1.06. The van der Waals surface area contributed by atoms with Gasteiger partial charge in [0.1, 0.15) is 13.1 Å². The topological polar surface area (TPSA) is 121 Å². The second-order valence-electron chi connectivity index (χ2n) is 3.11. The summed E-state index contributed by atoms with van der Waals surface area (Å²) in [6.07, 6.45) is -0.502. The van der Waals surface area contributed by atoms with Crippen molar-refractivity contribution in [2.75, 3.05) is 20.2 Å². The molecular weight excluding hydrogens is 234 g/mol. The van der Waals surface area contributed by atoms with Crippen LogP contribution >= 0.6 is 0 Å². The van der Waals surface area contributed by atoms with E-state index >= 15 is 0 Å². The molecule has 0 aromatic heterocycles. The number of carbonyl (C=O) groups is 4. The van der Waals surface area contributed by atoms with Gasteiger partial charge in [-0.05, 0) is 0 Å². The summed E-state index contributed by atoms with van der Waals surface area (Å²) < 4.78 is 4.30. The Bertz CT molecular complexity index is 309. The van der Waals surface area contributed by atoms with E-state index in [1.54, 1.807) is 0 Å². The van der Waals surface area contributed by atoms with E-state index in [0.29, 0.717) is 4.90 Å². The lowest BCUT2D eigenvalue weighted by Gasteiger charge is -2.17. The molecule has 8 heteroatoms. The molecule has 96 valence electrons. The highest BCUT2D eigenvalue weighted by Crippen LogP contribution is 1.99. The lowest BCUT2D eigenvalue weighted by atomic mass is 10.2. The Labute approximate surface area is 96.8 Å². The number of ether oxygens (including phenoxy) is 1. The van der Waals surface area contributed by atoms with E-state index in [1.165, 1.54) is 0 Å². The van der Waals surface area contributed by atoms with Crippen LogP contribution in [0.25, 0.3) is 0 Å². The van der Waals surface area contributed by atoms with Crippen LogP contribution in [0.2, 0.25) is 0 Å². The molecule has 0 aliphatic carbocycles. The quantitative estimate of drug-likeness (QED) is 0.550. The molecular formula is C9H13NO7. The van der Waals surface area contributed by atoms with Crippen molar-refractivity contribution in [2.45, 2.75) is 12.8 Å². The molecule has 0 saturated heterocycles. The number of nitrogens with zero attached hydrogens (tertiary/aromatic N) is 1. The molecule has 0 aliphatic rings. The second-order valence-corrected chi connectivity index (χ2v) is 3.11. The number of rotatable bonds is 7. The molecule has 0 radical (unpaired) electrons. The Balaban J connectivity index is 4.36. The zero-order valence-corrected chi connectivity index (χ0v) is 9.21. The van der Waals surface area contributed by atoms with Crippen LogP contribution in [0.15, 0.2) is 0 Å². The molecule has 8 nitrogen and oxygen atoms in total. The van der Waals surface area contributed by atoms with Gasteiger partial charge in [-0.25, -0.2) is 0 Å². The zero-order valence-electron chi connectivity index (χ0n) is 9.21. The van der Waals surface area contributed by atoms with Crippen molar-refractivity contribution in [3.05, 3.63) is 0 Å². The number of carbonyl (C=O) groups excluding carboxylic acids is 2. The van der Waals surface area contributed by atoms with Crippen LogP contribution in [0.4, 0.5) is 0 Å². The van der Waals surface area contributed by atoms with Gasteiger partial charge in [0.15, 0.2) is 0 Å². The number of methoxy groups -OCH3 is 1. The third-order valence-corrected chi connectivity index (χ3v) is 1.78. The number of hydrogen-bond donors (Lipinski definition) is 2. The van der Waals surface area contributed by atoms with Gasteiger partial charge in [0.2, 0.25) is 5.91 Å². The van der Waals surface area contributed by atoms with Gasteiger partial charge in [-0.3, -0.25) is 19.2 Å². The van der Waals surface area contributed by atoms with Crippen LogP contribution in [0, 0.1) is 0 Å². The van der Waals surface area contributed by atoms with Crippen LogP contribution in [-0.4, -0.2) is 59.1 Å². The molecule has 1 amide bonds. The van der Waals surface area contributed by atoms with Gasteiger partial charge in [-0.15, -0.1) is 0 Å². The van der Waals surface area contributed by atoms with Gasteiger partial charge in [0.05, 0.1) is 13.5 Å². The minimum absolute atomic E-state index is 0.217. The van der Waals surface area contributed by atoms with Gasteiger partial charge in [0, 0.05) is 6.42 Å². The lowest BCUT2D eigenvalue weighted by Crippen LogP contribution is -2.39. The summed E-state index contributed by atoms with van der Waals surface area (Å²) in [6.45, 7) is -1.43. The fraction of sp³-hybridized carbons (Fsp3) is 0.556. The lowest BCUT2D eigenvalue weighted by molar-refractivity contribution is -0.150. The van der Waals surface area contributed by atoms with E-state index in [4.69, 9.17) is 10.2 Å². The summed E-state index contributed by atoms with van der Waals surface area (Å²) in [6, 6.07) is 0. The number of hydrogen-bond acceptors (Lipinski definition) is 5. The predicted molar refractivity (Wildman–Crippen MR) is 53.1 cm³/mol. The van der Waals surface area contributed by atoms with E-state index in [0.717, 1.165) is 7.11 Å². The second kappa shape index (κ2) is 7.20. The first kappa shape index (κ1) is 14.9. The molecule has 0 aromatic rings. The van der Waals surface area contributed by atoms with E-state index in [2.05, 4.69) is 4.74 Å². The largest absolute Gasteiger partial charge is 0.480 e. The third kappa shape index (κ3) is 6.88. The molecule has 0 rings (SSSR count). The Morgan fingerprint density at radius 2 is 1.47 bits per heavy atom. The number of carboxylic acid groups (broad SMARTS) is 2. The monoisotopic (exact) mass is 247 g/mol. The minimum Gasteiger partial charge on any atom is -0.480 e. The zero-order chi connectivity index (χ0) is 13.4. The third-order valence-electron chi connectivity index (χ3n) is 1.78. The standard InChI is InChI=1S/C9H13NO7/c1-17-9(16)3-2-6(11)10(4-7(12)13)5-8(14)15/h2-5H2,1H3,(H,12,13)(H,14,15). The van der Waals surface area contributed by atoms with Crippen molar-refractivity contribution in [3.8, 4) is 0 Å². The molecule has 0 fully saturated rings. The van der Waals surface area contributed by atoms with E-state index in [-0.39, 0.29) is 12.8 Å². The van der Waals surface area contributed by atoms with Crippen LogP contribution in [0.3, 0.4) is 0 Å². The molecule has 0 unspecified atom stereocenters. The number of esters is 1. The molecule has 0 aliphatic heterocycles. The summed E-state index contributed by atoms with van der Waals surface area (Å²) in [5.74, 6) is -3.99. The average molecular weight is 247 g/mol. The van der Waals surface area contributed by atoms with Gasteiger partial charge in [0.25, 0.3) is 0 Å². The maximum Gasteiger partial charge on any atom is 0.323 e. The molecule has 17 heavy (non-hydrogen) atoms. The van der Waals surface area contributed by atoms with Gasteiger partial charge < -0.3 is 19.8 Å². The molecule has 0 bridgehead atoms. The van der Waals surface area contributed by atoms with E-state index in [9.17, 15) is 19.2 Å². The normalized spacial score (nSPS) is 9.47. The first-order chi connectivity index (χ1) is 7.86. The maximum absolute atomic E-state index is 11.4. The number of carboxylic acids is 2. The SMILES string of the molecule is COC(=O)CCC(=O)N(CC(=O)O)CC(=O)O. The summed E-state index contributed by atoms with van der Waals surface area (Å²) in [5.41, 5.74) is 0. The van der Waals surface area contributed by atoms with Crippen LogP contribution < -0.4 is 0 Å².